The van der Waals surface area contributed by atoms with Crippen LogP contribution in [0.1, 0.15) is 36.9 Å². The first-order chi connectivity index (χ1) is 10.7. The molecule has 0 aromatic carbocycles. The Kier molecular flexibility index (Phi) is 4.73. The van der Waals surface area contributed by atoms with Crippen molar-refractivity contribution in [2.75, 3.05) is 6.54 Å². The summed E-state index contributed by atoms with van der Waals surface area (Å²) >= 11 is 1.69. The summed E-state index contributed by atoms with van der Waals surface area (Å²) in [6.45, 7) is 2.89. The molecule has 1 aliphatic rings. The van der Waals surface area contributed by atoms with Crippen LogP contribution in [0, 0.1) is 0 Å². The average Bonchev–Trinajstić information content (AvgIpc) is 3.18. The van der Waals surface area contributed by atoms with Crippen LogP contribution >= 0.6 is 11.3 Å². The minimum absolute atomic E-state index is 0.0436. The van der Waals surface area contributed by atoms with E-state index in [0.717, 1.165) is 25.8 Å². The van der Waals surface area contributed by atoms with E-state index in [1.165, 1.54) is 11.1 Å². The minimum Gasteiger partial charge on any atom is -0.335 e. The highest BCUT2D eigenvalue weighted by molar-refractivity contribution is 7.07. The zero-order valence-electron chi connectivity index (χ0n) is 12.7. The van der Waals surface area contributed by atoms with Crippen LogP contribution in [0.5, 0.6) is 0 Å². The van der Waals surface area contributed by atoms with Gasteiger partial charge in [-0.05, 0) is 66.3 Å². The first-order valence-electron chi connectivity index (χ1n) is 7.72. The first kappa shape index (κ1) is 15.0. The summed E-state index contributed by atoms with van der Waals surface area (Å²) in [7, 11) is 0. The van der Waals surface area contributed by atoms with Crippen LogP contribution in [-0.4, -0.2) is 28.5 Å². The highest BCUT2D eigenvalue weighted by Gasteiger charge is 2.30. The molecule has 1 saturated heterocycles. The quantitative estimate of drug-likeness (QED) is 0.936. The van der Waals surface area contributed by atoms with Gasteiger partial charge in [0.25, 0.3) is 0 Å². The molecule has 0 radical (unpaired) electrons. The van der Waals surface area contributed by atoms with Gasteiger partial charge in [-0.25, -0.2) is 4.79 Å². The number of carbonyl (C=O) groups is 1. The number of hydrogen-bond donors (Lipinski definition) is 1. The number of urea groups is 1. The summed E-state index contributed by atoms with van der Waals surface area (Å²) in [4.78, 5) is 18.6. The summed E-state index contributed by atoms with van der Waals surface area (Å²) in [5, 5.41) is 7.35. The van der Waals surface area contributed by atoms with Crippen LogP contribution < -0.4 is 5.32 Å². The van der Waals surface area contributed by atoms with Gasteiger partial charge < -0.3 is 10.2 Å². The second-order valence-electron chi connectivity index (χ2n) is 5.82. The third kappa shape index (κ3) is 3.47. The van der Waals surface area contributed by atoms with E-state index in [1.54, 1.807) is 23.7 Å². The molecule has 1 fully saturated rings. The number of nitrogens with zero attached hydrogens (tertiary/aromatic N) is 2. The molecular weight excluding hydrogens is 294 g/mol. The lowest BCUT2D eigenvalue weighted by atomic mass is 10.1. The zero-order chi connectivity index (χ0) is 15.4. The van der Waals surface area contributed by atoms with Crippen molar-refractivity contribution in [1.29, 1.82) is 0 Å². The lowest BCUT2D eigenvalue weighted by Gasteiger charge is -2.27. The Balaban J connectivity index is 1.61. The van der Waals surface area contributed by atoms with E-state index in [9.17, 15) is 4.79 Å². The maximum atomic E-state index is 12.6. The molecule has 0 spiro atoms. The van der Waals surface area contributed by atoms with E-state index in [1.807, 2.05) is 17.0 Å². The Morgan fingerprint density at radius 3 is 3.00 bits per heavy atom. The van der Waals surface area contributed by atoms with Crippen LogP contribution in [-0.2, 0) is 6.42 Å². The predicted octanol–water partition coefficient (Wildman–Crippen LogP) is 3.62. The van der Waals surface area contributed by atoms with Gasteiger partial charge in [-0.1, -0.05) is 0 Å². The lowest BCUT2D eigenvalue weighted by molar-refractivity contribution is 0.189. The SMILES string of the molecule is C[C@@H](Cc1ccsc1)NC(=O)N1CCC[C@H]1c1ccncc1. The van der Waals surface area contributed by atoms with Crippen molar-refractivity contribution < 1.29 is 4.79 Å². The van der Waals surface area contributed by atoms with E-state index < -0.39 is 0 Å². The van der Waals surface area contributed by atoms with Crippen LogP contribution in [0.25, 0.3) is 0 Å². The number of thiophene rings is 1. The molecule has 4 nitrogen and oxygen atoms in total. The van der Waals surface area contributed by atoms with Gasteiger partial charge in [-0.15, -0.1) is 0 Å². The van der Waals surface area contributed by atoms with Gasteiger partial charge >= 0.3 is 6.03 Å². The average molecular weight is 315 g/mol. The molecule has 2 aromatic rings. The van der Waals surface area contributed by atoms with Gasteiger partial charge in [0.15, 0.2) is 0 Å². The third-order valence-electron chi connectivity index (χ3n) is 4.10. The summed E-state index contributed by atoms with van der Waals surface area (Å²) in [5.41, 5.74) is 2.46. The number of likely N-dealkylation sites (tertiary alicyclic amines) is 1. The zero-order valence-corrected chi connectivity index (χ0v) is 13.6. The molecule has 0 unspecified atom stereocenters. The molecule has 22 heavy (non-hydrogen) atoms. The van der Waals surface area contributed by atoms with Crippen molar-refractivity contribution in [1.82, 2.24) is 15.2 Å². The molecule has 2 aromatic heterocycles. The fourth-order valence-electron chi connectivity index (χ4n) is 3.05. The van der Waals surface area contributed by atoms with Gasteiger partial charge in [-0.2, -0.15) is 11.3 Å². The lowest BCUT2D eigenvalue weighted by Crippen LogP contribution is -2.44. The molecule has 0 bridgehead atoms. The number of hydrogen-bond acceptors (Lipinski definition) is 3. The van der Waals surface area contributed by atoms with Crippen molar-refractivity contribution in [3.8, 4) is 0 Å². The molecule has 5 heteroatoms. The molecule has 0 saturated carbocycles. The maximum Gasteiger partial charge on any atom is 0.318 e. The van der Waals surface area contributed by atoms with E-state index in [4.69, 9.17) is 0 Å². The Labute approximate surface area is 135 Å². The van der Waals surface area contributed by atoms with Crippen LogP contribution in [0.4, 0.5) is 4.79 Å². The van der Waals surface area contributed by atoms with Crippen molar-refractivity contribution in [3.63, 3.8) is 0 Å². The standard InChI is InChI=1S/C17H21N3OS/c1-13(11-14-6-10-22-12-14)19-17(21)20-9-2-3-16(20)15-4-7-18-8-5-15/h4-8,10,12-13,16H,2-3,9,11H2,1H3,(H,19,21)/t13-,16-/m0/s1. The summed E-state index contributed by atoms with van der Waals surface area (Å²) in [5.74, 6) is 0. The molecule has 1 N–H and O–H groups in total. The number of pyridine rings is 1. The number of carbonyl (C=O) groups excluding carboxylic acids is 1. The normalized spacial score (nSPS) is 19.1. The van der Waals surface area contributed by atoms with Gasteiger partial charge in [-0.3, -0.25) is 4.98 Å². The van der Waals surface area contributed by atoms with E-state index in [0.29, 0.717) is 0 Å². The number of aromatic nitrogens is 1. The van der Waals surface area contributed by atoms with E-state index in [-0.39, 0.29) is 18.1 Å². The maximum absolute atomic E-state index is 12.6. The van der Waals surface area contributed by atoms with Crippen molar-refractivity contribution >= 4 is 17.4 Å². The monoisotopic (exact) mass is 315 g/mol. The highest BCUT2D eigenvalue weighted by atomic mass is 32.1. The summed E-state index contributed by atoms with van der Waals surface area (Å²) in [6.07, 6.45) is 6.55. The first-order valence-corrected chi connectivity index (χ1v) is 8.66. The second-order valence-corrected chi connectivity index (χ2v) is 6.60. The van der Waals surface area contributed by atoms with E-state index >= 15 is 0 Å². The minimum atomic E-state index is 0.0436. The number of amides is 2. The van der Waals surface area contributed by atoms with Crippen molar-refractivity contribution in [2.45, 2.75) is 38.3 Å². The van der Waals surface area contributed by atoms with E-state index in [2.05, 4.69) is 34.1 Å². The topological polar surface area (TPSA) is 45.2 Å². The van der Waals surface area contributed by atoms with Gasteiger partial charge in [0.1, 0.15) is 0 Å². The molecule has 3 heterocycles. The van der Waals surface area contributed by atoms with Crippen LogP contribution in [0.15, 0.2) is 41.4 Å². The summed E-state index contributed by atoms with van der Waals surface area (Å²) < 4.78 is 0. The molecule has 2 amide bonds. The molecule has 3 rings (SSSR count). The fraction of sp³-hybridized carbons (Fsp3) is 0.412. The van der Waals surface area contributed by atoms with Crippen molar-refractivity contribution in [3.05, 3.63) is 52.5 Å². The van der Waals surface area contributed by atoms with Gasteiger partial charge in [0.05, 0.1) is 6.04 Å². The van der Waals surface area contributed by atoms with Crippen molar-refractivity contribution in [2.24, 2.45) is 0 Å². The number of nitrogens with one attached hydrogen (secondary N) is 1. The molecule has 1 aliphatic heterocycles. The van der Waals surface area contributed by atoms with Gasteiger partial charge in [0.2, 0.25) is 0 Å². The number of rotatable bonds is 4. The largest absolute Gasteiger partial charge is 0.335 e. The molecular formula is C17H21N3OS. The Morgan fingerprint density at radius 2 is 2.27 bits per heavy atom. The van der Waals surface area contributed by atoms with Gasteiger partial charge in [0, 0.05) is 25.0 Å². The molecule has 0 aliphatic carbocycles. The predicted molar refractivity (Wildman–Crippen MR) is 88.9 cm³/mol. The third-order valence-corrected chi connectivity index (χ3v) is 4.83. The Morgan fingerprint density at radius 1 is 1.45 bits per heavy atom. The van der Waals surface area contributed by atoms with Crippen LogP contribution in [0.2, 0.25) is 0 Å². The van der Waals surface area contributed by atoms with Crippen LogP contribution in [0.3, 0.4) is 0 Å². The smallest absolute Gasteiger partial charge is 0.318 e. The second kappa shape index (κ2) is 6.92. The highest BCUT2D eigenvalue weighted by Crippen LogP contribution is 2.31. The molecule has 116 valence electrons. The molecule has 2 atom stereocenters. The summed E-state index contributed by atoms with van der Waals surface area (Å²) in [6, 6.07) is 6.48. The Hall–Kier alpha value is -1.88. The fourth-order valence-corrected chi connectivity index (χ4v) is 3.73. The Bertz CT molecular complexity index is 600.